The van der Waals surface area contributed by atoms with Gasteiger partial charge in [0.15, 0.2) is 0 Å². The van der Waals surface area contributed by atoms with E-state index in [1.54, 1.807) is 41.8 Å². The molecule has 1 atom stereocenters. The van der Waals surface area contributed by atoms with E-state index in [4.69, 9.17) is 39.5 Å². The highest BCUT2D eigenvalue weighted by molar-refractivity contribution is 7.12. The Bertz CT molecular complexity index is 717. The zero-order valence-electron chi connectivity index (χ0n) is 12.4. The largest absolute Gasteiger partial charge is 0.465 e. The van der Waals surface area contributed by atoms with Gasteiger partial charge < -0.3 is 15.4 Å². The molecule has 0 aliphatic rings. The number of carbonyl (C=O) groups excluding carboxylic acids is 2. The summed E-state index contributed by atoms with van der Waals surface area (Å²) in [5, 5.41) is 7.24. The third-order valence-electron chi connectivity index (χ3n) is 2.98. The van der Waals surface area contributed by atoms with Crippen LogP contribution >= 0.6 is 46.1 Å². The number of amides is 1. The molecule has 0 fully saturated rings. The van der Waals surface area contributed by atoms with Gasteiger partial charge in [0.25, 0.3) is 5.91 Å². The number of hydrogen-bond donors (Lipinski definition) is 2. The summed E-state index contributed by atoms with van der Waals surface area (Å²) in [6.45, 7) is 0. The summed E-state index contributed by atoms with van der Waals surface area (Å²) in [4.78, 5) is 24.5. The van der Waals surface area contributed by atoms with E-state index in [1.807, 2.05) is 0 Å². The number of rotatable bonds is 5. The second-order valence-electron chi connectivity index (χ2n) is 4.61. The van der Waals surface area contributed by atoms with Crippen molar-refractivity contribution >= 4 is 63.7 Å². The molecular weight excluding hydrogens is 395 g/mol. The highest BCUT2D eigenvalue weighted by atomic mass is 35.6. The molecule has 2 N–H and O–H groups in total. The predicted molar refractivity (Wildman–Crippen MR) is 97.3 cm³/mol. The molecule has 128 valence electrons. The number of alkyl halides is 3. The SMILES string of the molecule is COC(=O)c1ccccc1NC(NC(=O)c1cccs1)C(Cl)(Cl)Cl. The maximum absolute atomic E-state index is 12.2. The normalized spacial score (nSPS) is 12.3. The summed E-state index contributed by atoms with van der Waals surface area (Å²) in [6, 6.07) is 9.94. The van der Waals surface area contributed by atoms with Crippen LogP contribution in [-0.4, -0.2) is 28.9 Å². The fourth-order valence-electron chi connectivity index (χ4n) is 1.86. The summed E-state index contributed by atoms with van der Waals surface area (Å²) in [5.74, 6) is -0.949. The first kappa shape index (κ1) is 18.9. The molecule has 2 aromatic rings. The van der Waals surface area contributed by atoms with Gasteiger partial charge in [-0.05, 0) is 23.6 Å². The molecule has 24 heavy (non-hydrogen) atoms. The van der Waals surface area contributed by atoms with E-state index < -0.39 is 21.8 Å². The first-order chi connectivity index (χ1) is 11.3. The Morgan fingerprint density at radius 2 is 1.88 bits per heavy atom. The molecule has 0 aliphatic carbocycles. The quantitative estimate of drug-likeness (QED) is 0.445. The van der Waals surface area contributed by atoms with Gasteiger partial charge in [0.2, 0.25) is 3.79 Å². The number of carbonyl (C=O) groups is 2. The number of hydrogen-bond acceptors (Lipinski definition) is 5. The molecule has 5 nitrogen and oxygen atoms in total. The van der Waals surface area contributed by atoms with E-state index in [9.17, 15) is 9.59 Å². The Hall–Kier alpha value is -1.47. The molecular formula is C15H13Cl3N2O3S. The van der Waals surface area contributed by atoms with Crippen molar-refractivity contribution < 1.29 is 14.3 Å². The van der Waals surface area contributed by atoms with Gasteiger partial charge in [-0.2, -0.15) is 0 Å². The molecule has 2 rings (SSSR count). The summed E-state index contributed by atoms with van der Waals surface area (Å²) in [5.41, 5.74) is 0.622. The molecule has 0 radical (unpaired) electrons. The fourth-order valence-corrected chi connectivity index (χ4v) is 2.82. The third kappa shape index (κ3) is 4.77. The minimum absolute atomic E-state index is 0.254. The van der Waals surface area contributed by atoms with E-state index in [0.717, 1.165) is 0 Å². The summed E-state index contributed by atoms with van der Waals surface area (Å²) in [7, 11) is 1.27. The highest BCUT2D eigenvalue weighted by Gasteiger charge is 2.35. The number of methoxy groups -OCH3 is 1. The average molecular weight is 408 g/mol. The Kier molecular flexibility index (Phi) is 6.34. The average Bonchev–Trinajstić information content (AvgIpc) is 3.07. The van der Waals surface area contributed by atoms with Gasteiger partial charge in [-0.3, -0.25) is 4.79 Å². The van der Waals surface area contributed by atoms with Crippen molar-refractivity contribution in [2.24, 2.45) is 0 Å². The van der Waals surface area contributed by atoms with Crippen molar-refractivity contribution in [3.05, 3.63) is 52.2 Å². The minimum Gasteiger partial charge on any atom is -0.465 e. The molecule has 1 amide bonds. The van der Waals surface area contributed by atoms with Crippen molar-refractivity contribution in [1.29, 1.82) is 0 Å². The molecule has 1 aromatic carbocycles. The number of ether oxygens (including phenoxy) is 1. The Morgan fingerprint density at radius 3 is 2.46 bits per heavy atom. The minimum atomic E-state index is -1.85. The van der Waals surface area contributed by atoms with E-state index in [1.165, 1.54) is 18.4 Å². The molecule has 0 bridgehead atoms. The number of anilines is 1. The number of benzene rings is 1. The molecule has 9 heteroatoms. The Balaban J connectivity index is 2.25. The van der Waals surface area contributed by atoms with Gasteiger partial charge >= 0.3 is 5.97 Å². The fraction of sp³-hybridized carbons (Fsp3) is 0.200. The van der Waals surface area contributed by atoms with E-state index in [-0.39, 0.29) is 5.56 Å². The monoisotopic (exact) mass is 406 g/mol. The van der Waals surface area contributed by atoms with Crippen molar-refractivity contribution in [2.45, 2.75) is 9.96 Å². The van der Waals surface area contributed by atoms with Crippen LogP contribution in [0.5, 0.6) is 0 Å². The van der Waals surface area contributed by atoms with Crippen LogP contribution in [0, 0.1) is 0 Å². The van der Waals surface area contributed by atoms with E-state index in [2.05, 4.69) is 10.6 Å². The molecule has 1 aromatic heterocycles. The van der Waals surface area contributed by atoms with Crippen LogP contribution in [0.25, 0.3) is 0 Å². The Labute approximate surface area is 157 Å². The zero-order chi connectivity index (χ0) is 17.7. The smallest absolute Gasteiger partial charge is 0.339 e. The maximum atomic E-state index is 12.2. The van der Waals surface area contributed by atoms with E-state index >= 15 is 0 Å². The summed E-state index contributed by atoms with van der Waals surface area (Å²) >= 11 is 19.1. The first-order valence-electron chi connectivity index (χ1n) is 6.68. The molecule has 1 heterocycles. The van der Waals surface area contributed by atoms with Gasteiger partial charge in [0.05, 0.1) is 23.2 Å². The van der Waals surface area contributed by atoms with Gasteiger partial charge in [0.1, 0.15) is 6.17 Å². The number of para-hydroxylation sites is 1. The maximum Gasteiger partial charge on any atom is 0.339 e. The van der Waals surface area contributed by atoms with Gasteiger partial charge in [0, 0.05) is 0 Å². The summed E-state index contributed by atoms with van der Waals surface area (Å²) < 4.78 is 2.87. The lowest BCUT2D eigenvalue weighted by Crippen LogP contribution is -2.49. The summed E-state index contributed by atoms with van der Waals surface area (Å²) in [6.07, 6.45) is -1.07. The van der Waals surface area contributed by atoms with Crippen LogP contribution < -0.4 is 10.6 Å². The van der Waals surface area contributed by atoms with Crippen molar-refractivity contribution in [2.75, 3.05) is 12.4 Å². The molecule has 0 spiro atoms. The second kappa shape index (κ2) is 8.07. The molecule has 0 saturated carbocycles. The van der Waals surface area contributed by atoms with Crippen molar-refractivity contribution in [3.8, 4) is 0 Å². The number of halogens is 3. The van der Waals surface area contributed by atoms with Gasteiger partial charge in [-0.15, -0.1) is 11.3 Å². The number of esters is 1. The highest BCUT2D eigenvalue weighted by Crippen LogP contribution is 2.32. The van der Waals surface area contributed by atoms with Gasteiger partial charge in [-0.1, -0.05) is 53.0 Å². The van der Waals surface area contributed by atoms with Gasteiger partial charge in [-0.25, -0.2) is 4.79 Å². The van der Waals surface area contributed by atoms with Crippen LogP contribution in [0.1, 0.15) is 20.0 Å². The first-order valence-corrected chi connectivity index (χ1v) is 8.69. The third-order valence-corrected chi connectivity index (χ3v) is 4.50. The standard InChI is InChI=1S/C15H13Cl3N2O3S/c1-23-13(22)9-5-2-3-6-10(9)19-14(15(16,17)18)20-12(21)11-7-4-8-24-11/h2-8,14,19H,1H3,(H,20,21). The van der Waals surface area contributed by atoms with Crippen molar-refractivity contribution in [1.82, 2.24) is 5.32 Å². The van der Waals surface area contributed by atoms with Crippen LogP contribution in [0.4, 0.5) is 5.69 Å². The number of thiophene rings is 1. The number of nitrogens with one attached hydrogen (secondary N) is 2. The lowest BCUT2D eigenvalue weighted by molar-refractivity contribution is 0.0601. The zero-order valence-corrected chi connectivity index (χ0v) is 15.5. The lowest BCUT2D eigenvalue weighted by Gasteiger charge is -2.28. The Morgan fingerprint density at radius 1 is 1.17 bits per heavy atom. The van der Waals surface area contributed by atoms with E-state index in [0.29, 0.717) is 10.6 Å². The van der Waals surface area contributed by atoms with Crippen LogP contribution in [0.3, 0.4) is 0 Å². The second-order valence-corrected chi connectivity index (χ2v) is 7.92. The molecule has 1 unspecified atom stereocenters. The predicted octanol–water partition coefficient (Wildman–Crippen LogP) is 4.07. The van der Waals surface area contributed by atoms with Crippen LogP contribution in [0.15, 0.2) is 41.8 Å². The molecule has 0 aliphatic heterocycles. The topological polar surface area (TPSA) is 67.4 Å². The van der Waals surface area contributed by atoms with Crippen LogP contribution in [-0.2, 0) is 4.74 Å². The molecule has 0 saturated heterocycles. The van der Waals surface area contributed by atoms with Crippen LogP contribution in [0.2, 0.25) is 0 Å². The van der Waals surface area contributed by atoms with Crippen molar-refractivity contribution in [3.63, 3.8) is 0 Å². The lowest BCUT2D eigenvalue weighted by atomic mass is 10.1.